The van der Waals surface area contributed by atoms with E-state index in [0.717, 1.165) is 16.7 Å². The number of carbonyl (C=O) groups is 6. The van der Waals surface area contributed by atoms with Gasteiger partial charge in [0.05, 0.1) is 24.3 Å². The SMILES string of the molecule is Cc1ccc2c3c1O[C@H]1C(OC(=O)C[C@H](NC(=O)OC(C)(C)C)C(=O)OC(C)(C)C)CC[C@@]4(OC(=O)C[C@H](NC(=O)OC(C)(C)C)C(=O)OC(C)(C)C)[C@@H](C2)N(C)CC[C@]314. The van der Waals surface area contributed by atoms with Crippen molar-refractivity contribution in [3.8, 4) is 5.75 Å². The van der Waals surface area contributed by atoms with Crippen LogP contribution in [0, 0.1) is 6.92 Å². The molecular formula is C44H65N3O13. The van der Waals surface area contributed by atoms with E-state index in [1.54, 1.807) is 83.1 Å². The van der Waals surface area contributed by atoms with Crippen LogP contribution in [0.25, 0.3) is 0 Å². The van der Waals surface area contributed by atoms with Gasteiger partial charge in [-0.15, -0.1) is 0 Å². The van der Waals surface area contributed by atoms with Crippen molar-refractivity contribution in [2.75, 3.05) is 13.6 Å². The number of likely N-dealkylation sites (tertiary alicyclic amines) is 1. The lowest BCUT2D eigenvalue weighted by molar-refractivity contribution is -0.232. The van der Waals surface area contributed by atoms with E-state index in [0.29, 0.717) is 25.1 Å². The number of piperidine rings is 1. The summed E-state index contributed by atoms with van der Waals surface area (Å²) in [5.74, 6) is -2.54. The van der Waals surface area contributed by atoms with Gasteiger partial charge in [-0.25, -0.2) is 19.2 Å². The molecule has 60 heavy (non-hydrogen) atoms. The van der Waals surface area contributed by atoms with Gasteiger partial charge in [0, 0.05) is 5.56 Å². The summed E-state index contributed by atoms with van der Waals surface area (Å²) in [5.41, 5.74) is -2.99. The Hall–Kier alpha value is -4.60. The van der Waals surface area contributed by atoms with E-state index in [9.17, 15) is 28.8 Å². The van der Waals surface area contributed by atoms with Crippen molar-refractivity contribution in [3.63, 3.8) is 0 Å². The first-order valence-electron chi connectivity index (χ1n) is 20.8. The molecule has 0 aromatic heterocycles. The van der Waals surface area contributed by atoms with Crippen LogP contribution in [0.2, 0.25) is 0 Å². The molecule has 0 radical (unpaired) electrons. The molecule has 1 spiro atoms. The van der Waals surface area contributed by atoms with Gasteiger partial charge in [0.15, 0.2) is 0 Å². The summed E-state index contributed by atoms with van der Waals surface area (Å²) >= 11 is 0. The quantitative estimate of drug-likeness (QED) is 0.222. The Morgan fingerprint density at radius 1 is 0.750 bits per heavy atom. The number of alkyl carbamates (subject to hydrolysis) is 2. The second-order valence-electron chi connectivity index (χ2n) is 20.5. The van der Waals surface area contributed by atoms with Crippen molar-refractivity contribution in [1.29, 1.82) is 0 Å². The molecule has 16 nitrogen and oxygen atoms in total. The molecule has 2 heterocycles. The zero-order chi connectivity index (χ0) is 45.0. The van der Waals surface area contributed by atoms with Crippen LogP contribution in [0.4, 0.5) is 9.59 Å². The number of nitrogens with zero attached hydrogens (tertiary/aromatic N) is 1. The van der Waals surface area contributed by atoms with E-state index < -0.39 is 107 Å². The third-order valence-corrected chi connectivity index (χ3v) is 10.9. The molecule has 1 aromatic rings. The van der Waals surface area contributed by atoms with E-state index in [4.69, 9.17) is 33.2 Å². The van der Waals surface area contributed by atoms with Crippen LogP contribution in [0.5, 0.6) is 5.75 Å². The van der Waals surface area contributed by atoms with Gasteiger partial charge in [-0.2, -0.15) is 0 Å². The van der Waals surface area contributed by atoms with Crippen LogP contribution >= 0.6 is 0 Å². The molecule has 5 rings (SSSR count). The standard InChI is InChI=1S/C44H65N3O13/c1-24-15-16-25-21-29-44(56-31(49)23-27(36(51)58-40(5,6)7)46-38(53)60-42(11,12)13)18-17-28(34-43(44,19-20-47(29)14)32(25)33(24)55-34)54-30(48)22-26(35(50)57-39(2,3)4)45-37(52)59-41(8,9)10/h15-16,26-29,34H,17-23H2,1-14H3,(H,45,52)(H,46,53)/t26-,27-,28?,29+,34-,43-,44+/m0/s1. The zero-order valence-electron chi connectivity index (χ0n) is 37.7. The maximum Gasteiger partial charge on any atom is 0.408 e. The second-order valence-corrected chi connectivity index (χ2v) is 20.5. The van der Waals surface area contributed by atoms with E-state index in [1.165, 1.54) is 0 Å². The number of hydrogen-bond acceptors (Lipinski definition) is 14. The highest BCUT2D eigenvalue weighted by Gasteiger charge is 2.75. The molecule has 2 aliphatic carbocycles. The van der Waals surface area contributed by atoms with Gasteiger partial charge in [0.1, 0.15) is 58.0 Å². The predicted octanol–water partition coefficient (Wildman–Crippen LogP) is 5.49. The number of nitrogens with one attached hydrogen (secondary N) is 2. The fraction of sp³-hybridized carbons (Fsp3) is 0.727. The highest BCUT2D eigenvalue weighted by atomic mass is 16.6. The molecule has 2 N–H and O–H groups in total. The first-order chi connectivity index (χ1) is 27.4. The molecule has 7 atom stereocenters. The fourth-order valence-corrected chi connectivity index (χ4v) is 8.98. The fourth-order valence-electron chi connectivity index (χ4n) is 8.98. The van der Waals surface area contributed by atoms with Crippen LogP contribution in [0.15, 0.2) is 12.1 Å². The first-order valence-corrected chi connectivity index (χ1v) is 20.8. The summed E-state index contributed by atoms with van der Waals surface area (Å²) in [5, 5.41) is 5.01. The lowest BCUT2D eigenvalue weighted by atomic mass is 9.48. The molecule has 1 unspecified atom stereocenters. The number of carbonyl (C=O) groups excluding carboxylic acids is 6. The molecule has 16 heteroatoms. The minimum atomic E-state index is -1.42. The minimum Gasteiger partial charge on any atom is -0.485 e. The first kappa shape index (κ1) is 46.5. The number of amides is 2. The number of aryl methyl sites for hydroxylation is 1. The largest absolute Gasteiger partial charge is 0.485 e. The highest BCUT2D eigenvalue weighted by Crippen LogP contribution is 2.66. The van der Waals surface area contributed by atoms with Crippen LogP contribution < -0.4 is 15.4 Å². The van der Waals surface area contributed by atoms with Crippen molar-refractivity contribution >= 4 is 36.1 Å². The number of hydrogen-bond donors (Lipinski definition) is 2. The smallest absolute Gasteiger partial charge is 0.408 e. The molecule has 1 saturated carbocycles. The molecule has 2 bridgehead atoms. The zero-order valence-corrected chi connectivity index (χ0v) is 37.7. The van der Waals surface area contributed by atoms with Crippen molar-refractivity contribution in [3.05, 3.63) is 28.8 Å². The lowest BCUT2D eigenvalue weighted by Gasteiger charge is -2.64. The number of rotatable bonds is 10. The Bertz CT molecular complexity index is 1870. The van der Waals surface area contributed by atoms with Crippen molar-refractivity contribution in [2.24, 2.45) is 0 Å². The normalized spacial score (nSPS) is 25.6. The minimum absolute atomic E-state index is 0.209. The average Bonchev–Trinajstić information content (AvgIpc) is 3.41. The van der Waals surface area contributed by atoms with Gasteiger partial charge < -0.3 is 43.8 Å². The average molecular weight is 844 g/mol. The second kappa shape index (κ2) is 16.4. The Kier molecular flexibility index (Phi) is 12.7. The summed E-state index contributed by atoms with van der Waals surface area (Å²) in [6, 6.07) is 0.879. The molecule has 2 aliphatic heterocycles. The van der Waals surface area contributed by atoms with Crippen LogP contribution in [-0.2, 0) is 59.4 Å². The van der Waals surface area contributed by atoms with Gasteiger partial charge in [-0.05, 0) is 140 Å². The van der Waals surface area contributed by atoms with Gasteiger partial charge in [0.25, 0.3) is 0 Å². The Labute approximate surface area is 353 Å². The molecule has 1 saturated heterocycles. The van der Waals surface area contributed by atoms with Gasteiger partial charge in [0.2, 0.25) is 0 Å². The van der Waals surface area contributed by atoms with E-state index in [1.807, 2.05) is 20.0 Å². The molecule has 2 amide bonds. The van der Waals surface area contributed by atoms with E-state index in [2.05, 4.69) is 21.6 Å². The number of benzene rings is 1. The number of esters is 4. The maximum absolute atomic E-state index is 14.4. The van der Waals surface area contributed by atoms with Gasteiger partial charge >= 0.3 is 36.1 Å². The number of ether oxygens (including phenoxy) is 7. The van der Waals surface area contributed by atoms with Crippen molar-refractivity contribution in [1.82, 2.24) is 15.5 Å². The molecular weight excluding hydrogens is 778 g/mol. The number of likely N-dealkylation sites (N-methyl/N-ethyl adjacent to an activating group) is 1. The Balaban J connectivity index is 1.48. The van der Waals surface area contributed by atoms with Gasteiger partial charge in [-0.1, -0.05) is 12.1 Å². The third-order valence-electron chi connectivity index (χ3n) is 10.9. The van der Waals surface area contributed by atoms with E-state index >= 15 is 0 Å². The maximum atomic E-state index is 14.4. The summed E-state index contributed by atoms with van der Waals surface area (Å²) in [6.07, 6.45) is -3.09. The lowest BCUT2D eigenvalue weighted by Crippen LogP contribution is -2.78. The van der Waals surface area contributed by atoms with Crippen LogP contribution in [0.3, 0.4) is 0 Å². The summed E-state index contributed by atoms with van der Waals surface area (Å²) in [4.78, 5) is 83.1. The Morgan fingerprint density at radius 3 is 1.75 bits per heavy atom. The van der Waals surface area contributed by atoms with Crippen LogP contribution in [-0.4, -0.2) is 113 Å². The summed E-state index contributed by atoms with van der Waals surface area (Å²) in [6.45, 7) is 22.7. The third kappa shape index (κ3) is 10.1. The van der Waals surface area contributed by atoms with Crippen molar-refractivity contribution < 1.29 is 61.9 Å². The van der Waals surface area contributed by atoms with Crippen molar-refractivity contribution in [2.45, 2.75) is 192 Å². The van der Waals surface area contributed by atoms with Gasteiger partial charge in [-0.3, -0.25) is 14.5 Å². The monoisotopic (exact) mass is 843 g/mol. The molecule has 2 fully saturated rings. The molecule has 4 aliphatic rings. The topological polar surface area (TPSA) is 194 Å². The predicted molar refractivity (Wildman–Crippen MR) is 217 cm³/mol. The highest BCUT2D eigenvalue weighted by molar-refractivity contribution is 5.88. The van der Waals surface area contributed by atoms with Crippen LogP contribution in [0.1, 0.15) is 132 Å². The summed E-state index contributed by atoms with van der Waals surface area (Å²) < 4.78 is 41.8. The molecule has 334 valence electrons. The Morgan fingerprint density at radius 2 is 1.25 bits per heavy atom. The van der Waals surface area contributed by atoms with E-state index in [-0.39, 0.29) is 18.9 Å². The molecule has 1 aromatic carbocycles. The summed E-state index contributed by atoms with van der Waals surface area (Å²) in [7, 11) is 1.98.